The molecule has 0 spiro atoms. The summed E-state index contributed by atoms with van der Waals surface area (Å²) in [6, 6.07) is 25.4. The molecular formula is C27H26ClN3O2. The molecule has 2 aliphatic heterocycles. The number of benzene rings is 3. The Balaban J connectivity index is 1.11. The van der Waals surface area contributed by atoms with E-state index in [-0.39, 0.29) is 23.9 Å². The Morgan fingerprint density at radius 2 is 1.39 bits per heavy atom. The summed E-state index contributed by atoms with van der Waals surface area (Å²) in [5, 5.41) is 4.32. The van der Waals surface area contributed by atoms with Crippen LogP contribution < -0.4 is 5.32 Å². The molecule has 0 radical (unpaired) electrons. The van der Waals surface area contributed by atoms with E-state index < -0.39 is 0 Å². The van der Waals surface area contributed by atoms with Gasteiger partial charge in [-0.25, -0.2) is 0 Å². The predicted octanol–water partition coefficient (Wildman–Crippen LogP) is 4.34. The zero-order chi connectivity index (χ0) is 22.8. The van der Waals surface area contributed by atoms with E-state index in [1.54, 1.807) is 0 Å². The van der Waals surface area contributed by atoms with Crippen molar-refractivity contribution >= 4 is 23.4 Å². The van der Waals surface area contributed by atoms with Crippen molar-refractivity contribution in [3.05, 3.63) is 95.0 Å². The van der Waals surface area contributed by atoms with Gasteiger partial charge in [0.1, 0.15) is 0 Å². The molecule has 0 aromatic heterocycles. The van der Waals surface area contributed by atoms with Crippen LogP contribution in [0.2, 0.25) is 5.02 Å². The highest BCUT2D eigenvalue weighted by Crippen LogP contribution is 2.24. The average Bonchev–Trinajstić information content (AvgIpc) is 3.29. The fourth-order valence-corrected chi connectivity index (χ4v) is 4.77. The van der Waals surface area contributed by atoms with Crippen LogP contribution in [-0.2, 0) is 0 Å². The number of hydrogen-bond donors (Lipinski definition) is 1. The van der Waals surface area contributed by atoms with Gasteiger partial charge in [0.25, 0.3) is 11.8 Å². The minimum absolute atomic E-state index is 0.0537. The van der Waals surface area contributed by atoms with Gasteiger partial charge >= 0.3 is 0 Å². The molecule has 2 saturated heterocycles. The second kappa shape index (κ2) is 9.38. The second-order valence-corrected chi connectivity index (χ2v) is 9.20. The van der Waals surface area contributed by atoms with E-state index in [1.807, 2.05) is 88.7 Å². The van der Waals surface area contributed by atoms with E-state index >= 15 is 0 Å². The molecule has 2 heterocycles. The number of nitrogens with one attached hydrogen (secondary N) is 1. The Hall–Kier alpha value is -3.15. The molecule has 1 atom stereocenters. The molecule has 2 fully saturated rings. The van der Waals surface area contributed by atoms with Gasteiger partial charge in [0, 0.05) is 54.4 Å². The van der Waals surface area contributed by atoms with Gasteiger partial charge in [0.05, 0.1) is 0 Å². The number of hydrogen-bond acceptors (Lipinski definition) is 3. The summed E-state index contributed by atoms with van der Waals surface area (Å²) in [5.74, 6) is 0.143. The lowest BCUT2D eigenvalue weighted by molar-refractivity contribution is 0.0552. The molecule has 1 N–H and O–H groups in total. The highest BCUT2D eigenvalue weighted by atomic mass is 35.5. The summed E-state index contributed by atoms with van der Waals surface area (Å²) >= 11 is 6.08. The molecule has 3 aromatic rings. The lowest BCUT2D eigenvalue weighted by Crippen LogP contribution is -2.62. The first-order valence-corrected chi connectivity index (χ1v) is 11.7. The third-order valence-electron chi connectivity index (χ3n) is 6.43. The van der Waals surface area contributed by atoms with E-state index in [2.05, 4.69) is 5.32 Å². The Bertz CT molecular complexity index is 1140. The highest BCUT2D eigenvalue weighted by molar-refractivity contribution is 6.30. The number of nitrogens with zero attached hydrogens (tertiary/aromatic N) is 2. The smallest absolute Gasteiger partial charge is 0.253 e. The van der Waals surface area contributed by atoms with Crippen LogP contribution in [0.3, 0.4) is 0 Å². The standard InChI is InChI=1S/C27H26ClN3O2/c28-23-8-4-7-22(15-23)19-9-11-21(12-10-19)27(33)31-17-25(18-31)29-24-13-14-30(16-24)26(32)20-5-2-1-3-6-20/h1-12,15,24-25,29H,13-14,16-18H2. The van der Waals surface area contributed by atoms with Gasteiger partial charge in [-0.3, -0.25) is 9.59 Å². The molecule has 5 rings (SSSR count). The first kappa shape index (κ1) is 21.7. The maximum Gasteiger partial charge on any atom is 0.253 e. The van der Waals surface area contributed by atoms with Crippen LogP contribution >= 0.6 is 11.6 Å². The quantitative estimate of drug-likeness (QED) is 0.617. The molecule has 3 aromatic carbocycles. The topological polar surface area (TPSA) is 52.7 Å². The Kier molecular flexibility index (Phi) is 6.16. The molecule has 168 valence electrons. The number of amides is 2. The van der Waals surface area contributed by atoms with Crippen molar-refractivity contribution in [3.63, 3.8) is 0 Å². The van der Waals surface area contributed by atoms with Crippen LogP contribution in [-0.4, -0.2) is 59.9 Å². The summed E-state index contributed by atoms with van der Waals surface area (Å²) in [5.41, 5.74) is 3.50. The SMILES string of the molecule is O=C(c1ccccc1)N1CCC(NC2CN(C(=O)c3ccc(-c4cccc(Cl)c4)cc3)C2)C1. The van der Waals surface area contributed by atoms with E-state index in [9.17, 15) is 9.59 Å². The van der Waals surface area contributed by atoms with Crippen molar-refractivity contribution in [2.45, 2.75) is 18.5 Å². The minimum Gasteiger partial charge on any atom is -0.337 e. The van der Waals surface area contributed by atoms with Crippen LogP contribution in [0, 0.1) is 0 Å². The zero-order valence-electron chi connectivity index (χ0n) is 18.3. The molecule has 2 amide bonds. The van der Waals surface area contributed by atoms with E-state index in [1.165, 1.54) is 0 Å². The van der Waals surface area contributed by atoms with Crippen molar-refractivity contribution in [1.82, 2.24) is 15.1 Å². The summed E-state index contributed by atoms with van der Waals surface area (Å²) in [6.45, 7) is 2.86. The molecule has 33 heavy (non-hydrogen) atoms. The number of carbonyl (C=O) groups excluding carboxylic acids is 2. The summed E-state index contributed by atoms with van der Waals surface area (Å²) in [7, 11) is 0. The molecule has 5 nitrogen and oxygen atoms in total. The van der Waals surface area contributed by atoms with Gasteiger partial charge in [-0.15, -0.1) is 0 Å². The monoisotopic (exact) mass is 459 g/mol. The molecule has 0 bridgehead atoms. The molecule has 1 unspecified atom stereocenters. The van der Waals surface area contributed by atoms with Crippen LogP contribution in [0.4, 0.5) is 0 Å². The lowest BCUT2D eigenvalue weighted by atomic mass is 10.0. The van der Waals surface area contributed by atoms with Crippen molar-refractivity contribution in [3.8, 4) is 11.1 Å². The van der Waals surface area contributed by atoms with Crippen LogP contribution in [0.5, 0.6) is 0 Å². The Morgan fingerprint density at radius 1 is 0.727 bits per heavy atom. The minimum atomic E-state index is 0.0537. The molecule has 2 aliphatic rings. The Labute approximate surface area is 199 Å². The molecular weight excluding hydrogens is 434 g/mol. The van der Waals surface area contributed by atoms with Crippen molar-refractivity contribution in [2.24, 2.45) is 0 Å². The van der Waals surface area contributed by atoms with Crippen molar-refractivity contribution < 1.29 is 9.59 Å². The molecule has 6 heteroatoms. The maximum absolute atomic E-state index is 12.8. The summed E-state index contributed by atoms with van der Waals surface area (Å²) in [4.78, 5) is 29.2. The zero-order valence-corrected chi connectivity index (χ0v) is 19.0. The fourth-order valence-electron chi connectivity index (χ4n) is 4.58. The van der Waals surface area contributed by atoms with Crippen molar-refractivity contribution in [1.29, 1.82) is 0 Å². The third kappa shape index (κ3) is 4.80. The van der Waals surface area contributed by atoms with Gasteiger partial charge in [-0.1, -0.05) is 54.1 Å². The van der Waals surface area contributed by atoms with Gasteiger partial charge in [-0.05, 0) is 53.9 Å². The highest BCUT2D eigenvalue weighted by Gasteiger charge is 2.35. The first-order chi connectivity index (χ1) is 16.1. The molecule has 0 saturated carbocycles. The Morgan fingerprint density at radius 3 is 2.12 bits per heavy atom. The number of rotatable bonds is 5. The largest absolute Gasteiger partial charge is 0.337 e. The van der Waals surface area contributed by atoms with Gasteiger partial charge < -0.3 is 15.1 Å². The van der Waals surface area contributed by atoms with Gasteiger partial charge in [0.15, 0.2) is 0 Å². The average molecular weight is 460 g/mol. The predicted molar refractivity (Wildman–Crippen MR) is 130 cm³/mol. The summed E-state index contributed by atoms with van der Waals surface area (Å²) < 4.78 is 0. The number of likely N-dealkylation sites (tertiary alicyclic amines) is 2. The van der Waals surface area contributed by atoms with Crippen LogP contribution in [0.15, 0.2) is 78.9 Å². The van der Waals surface area contributed by atoms with E-state index in [0.717, 1.165) is 29.7 Å². The number of halogens is 1. The molecule has 0 aliphatic carbocycles. The number of carbonyl (C=O) groups is 2. The third-order valence-corrected chi connectivity index (χ3v) is 6.66. The van der Waals surface area contributed by atoms with E-state index in [0.29, 0.717) is 30.2 Å². The second-order valence-electron chi connectivity index (χ2n) is 8.76. The normalized spacial score (nSPS) is 18.3. The maximum atomic E-state index is 12.8. The van der Waals surface area contributed by atoms with Gasteiger partial charge in [0.2, 0.25) is 0 Å². The van der Waals surface area contributed by atoms with Gasteiger partial charge in [-0.2, -0.15) is 0 Å². The fraction of sp³-hybridized carbons (Fsp3) is 0.259. The summed E-state index contributed by atoms with van der Waals surface area (Å²) in [6.07, 6.45) is 0.938. The van der Waals surface area contributed by atoms with Crippen LogP contribution in [0.25, 0.3) is 11.1 Å². The van der Waals surface area contributed by atoms with E-state index in [4.69, 9.17) is 11.6 Å². The first-order valence-electron chi connectivity index (χ1n) is 11.3. The van der Waals surface area contributed by atoms with Crippen molar-refractivity contribution in [2.75, 3.05) is 26.2 Å². The lowest BCUT2D eigenvalue weighted by Gasteiger charge is -2.41. The van der Waals surface area contributed by atoms with Crippen LogP contribution in [0.1, 0.15) is 27.1 Å².